The van der Waals surface area contributed by atoms with Gasteiger partial charge < -0.3 is 5.32 Å². The first-order chi connectivity index (χ1) is 15.6. The van der Waals surface area contributed by atoms with Gasteiger partial charge in [-0.3, -0.25) is 14.0 Å². The van der Waals surface area contributed by atoms with E-state index in [0.717, 1.165) is 16.7 Å². The standard InChI is InChI=1S/C24H24ClN3O4S/c1-27(23(29)16-18-8-4-3-5-9-18)24(30)26-20-12-14-21(15-13-20)28(33(2,31)32)17-19-10-6-7-11-22(19)25/h3-15H,16-17H2,1-2H3,(H,26,30). The molecule has 3 aromatic carbocycles. The molecule has 0 atom stereocenters. The van der Waals surface area contributed by atoms with Crippen LogP contribution in [0.5, 0.6) is 0 Å². The van der Waals surface area contributed by atoms with E-state index in [1.54, 1.807) is 48.5 Å². The lowest BCUT2D eigenvalue weighted by Crippen LogP contribution is -2.37. The van der Waals surface area contributed by atoms with Crippen molar-refractivity contribution in [3.8, 4) is 0 Å². The number of hydrogen-bond acceptors (Lipinski definition) is 4. The summed E-state index contributed by atoms with van der Waals surface area (Å²) >= 11 is 6.19. The van der Waals surface area contributed by atoms with Gasteiger partial charge in [-0.1, -0.05) is 60.1 Å². The van der Waals surface area contributed by atoms with Crippen molar-refractivity contribution >= 4 is 44.9 Å². The number of sulfonamides is 1. The summed E-state index contributed by atoms with van der Waals surface area (Å²) in [6.45, 7) is 0.0704. The van der Waals surface area contributed by atoms with E-state index in [2.05, 4.69) is 5.32 Å². The van der Waals surface area contributed by atoms with Gasteiger partial charge in [0, 0.05) is 17.8 Å². The van der Waals surface area contributed by atoms with E-state index in [-0.39, 0.29) is 18.9 Å². The van der Waals surface area contributed by atoms with Crippen LogP contribution in [0.4, 0.5) is 16.2 Å². The highest BCUT2D eigenvalue weighted by atomic mass is 35.5. The Morgan fingerprint density at radius 1 is 0.909 bits per heavy atom. The van der Waals surface area contributed by atoms with Crippen LogP contribution in [0.3, 0.4) is 0 Å². The monoisotopic (exact) mass is 485 g/mol. The number of carbonyl (C=O) groups is 2. The van der Waals surface area contributed by atoms with Crippen molar-refractivity contribution in [1.29, 1.82) is 0 Å². The molecule has 3 aromatic rings. The van der Waals surface area contributed by atoms with Gasteiger partial charge in [0.1, 0.15) is 0 Å². The number of urea groups is 1. The van der Waals surface area contributed by atoms with Crippen molar-refractivity contribution in [3.63, 3.8) is 0 Å². The lowest BCUT2D eigenvalue weighted by atomic mass is 10.1. The van der Waals surface area contributed by atoms with Crippen molar-refractivity contribution in [2.45, 2.75) is 13.0 Å². The molecule has 0 aliphatic heterocycles. The fourth-order valence-electron chi connectivity index (χ4n) is 3.10. The fourth-order valence-corrected chi connectivity index (χ4v) is 4.18. The normalized spacial score (nSPS) is 11.0. The van der Waals surface area contributed by atoms with Crippen LogP contribution in [0, 0.1) is 0 Å². The van der Waals surface area contributed by atoms with Gasteiger partial charge in [0.2, 0.25) is 15.9 Å². The van der Waals surface area contributed by atoms with Crippen molar-refractivity contribution in [2.24, 2.45) is 0 Å². The topological polar surface area (TPSA) is 86.8 Å². The molecule has 0 aromatic heterocycles. The highest BCUT2D eigenvalue weighted by molar-refractivity contribution is 7.92. The van der Waals surface area contributed by atoms with Gasteiger partial charge in [0.05, 0.1) is 24.9 Å². The Morgan fingerprint density at radius 3 is 2.12 bits per heavy atom. The van der Waals surface area contributed by atoms with Crippen LogP contribution < -0.4 is 9.62 Å². The third-order valence-electron chi connectivity index (χ3n) is 4.96. The lowest BCUT2D eigenvalue weighted by Gasteiger charge is -2.23. The van der Waals surface area contributed by atoms with Crippen LogP contribution in [0.1, 0.15) is 11.1 Å². The Morgan fingerprint density at radius 2 is 1.52 bits per heavy atom. The van der Waals surface area contributed by atoms with Crippen LogP contribution in [0.15, 0.2) is 78.9 Å². The number of imide groups is 1. The van der Waals surface area contributed by atoms with E-state index < -0.39 is 16.1 Å². The predicted molar refractivity (Wildman–Crippen MR) is 131 cm³/mol. The molecule has 0 saturated carbocycles. The number of halogens is 1. The van der Waals surface area contributed by atoms with E-state index in [1.807, 2.05) is 30.3 Å². The Labute approximate surface area is 198 Å². The maximum Gasteiger partial charge on any atom is 0.328 e. The number of benzene rings is 3. The number of likely N-dealkylation sites (N-methyl/N-ethyl adjacent to an activating group) is 1. The molecule has 33 heavy (non-hydrogen) atoms. The van der Waals surface area contributed by atoms with Crippen LogP contribution in [-0.4, -0.2) is 38.6 Å². The minimum Gasteiger partial charge on any atom is -0.307 e. The molecule has 0 spiro atoms. The van der Waals surface area contributed by atoms with E-state index >= 15 is 0 Å². The van der Waals surface area contributed by atoms with Gasteiger partial charge >= 0.3 is 6.03 Å². The SMILES string of the molecule is CN(C(=O)Cc1ccccc1)C(=O)Nc1ccc(N(Cc2ccccc2Cl)S(C)(=O)=O)cc1. The zero-order chi connectivity index (χ0) is 24.0. The molecule has 0 bridgehead atoms. The van der Waals surface area contributed by atoms with Gasteiger partial charge in [-0.25, -0.2) is 13.2 Å². The quantitative estimate of drug-likeness (QED) is 0.532. The molecule has 9 heteroatoms. The summed E-state index contributed by atoms with van der Waals surface area (Å²) in [7, 11) is -2.18. The second kappa shape index (κ2) is 10.5. The second-order valence-corrected chi connectivity index (χ2v) is 9.77. The summed E-state index contributed by atoms with van der Waals surface area (Å²) in [5, 5.41) is 3.12. The van der Waals surface area contributed by atoms with Gasteiger partial charge in [0.15, 0.2) is 0 Å². The summed E-state index contributed by atoms with van der Waals surface area (Å²) < 4.78 is 26.0. The number of nitrogens with zero attached hydrogens (tertiary/aromatic N) is 2. The molecule has 1 N–H and O–H groups in total. The number of hydrogen-bond donors (Lipinski definition) is 1. The van der Waals surface area contributed by atoms with Crippen LogP contribution in [0.2, 0.25) is 5.02 Å². The van der Waals surface area contributed by atoms with Crippen LogP contribution in [0.25, 0.3) is 0 Å². The molecule has 0 heterocycles. The zero-order valence-corrected chi connectivity index (χ0v) is 19.8. The average Bonchev–Trinajstić information content (AvgIpc) is 2.78. The Bertz CT molecular complexity index is 1230. The Balaban J connectivity index is 1.69. The van der Waals surface area contributed by atoms with Crippen molar-refractivity contribution in [3.05, 3.63) is 95.0 Å². The molecule has 0 saturated heterocycles. The highest BCUT2D eigenvalue weighted by Gasteiger charge is 2.20. The van der Waals surface area contributed by atoms with Gasteiger partial charge in [-0.05, 0) is 41.5 Å². The summed E-state index contributed by atoms with van der Waals surface area (Å²) in [6, 6.07) is 21.9. The Hall–Kier alpha value is -3.36. The summed E-state index contributed by atoms with van der Waals surface area (Å²) in [4.78, 5) is 25.9. The maximum absolute atomic E-state index is 12.5. The van der Waals surface area contributed by atoms with E-state index in [0.29, 0.717) is 22.0 Å². The van der Waals surface area contributed by atoms with E-state index in [1.165, 1.54) is 11.4 Å². The molecule has 0 aliphatic carbocycles. The second-order valence-electron chi connectivity index (χ2n) is 7.45. The molecule has 3 amide bonds. The predicted octanol–water partition coefficient (Wildman–Crippen LogP) is 4.54. The first-order valence-electron chi connectivity index (χ1n) is 10.1. The summed E-state index contributed by atoms with van der Waals surface area (Å²) in [5.74, 6) is -0.349. The minimum absolute atomic E-state index is 0.0704. The molecule has 7 nitrogen and oxygen atoms in total. The van der Waals surface area contributed by atoms with E-state index in [9.17, 15) is 18.0 Å². The molecular formula is C24H24ClN3O4S. The number of nitrogens with one attached hydrogen (secondary N) is 1. The third kappa shape index (κ3) is 6.57. The highest BCUT2D eigenvalue weighted by Crippen LogP contribution is 2.25. The molecule has 0 fully saturated rings. The van der Waals surface area contributed by atoms with E-state index in [4.69, 9.17) is 11.6 Å². The lowest BCUT2D eigenvalue weighted by molar-refractivity contribution is -0.126. The molecule has 3 rings (SSSR count). The zero-order valence-electron chi connectivity index (χ0n) is 18.2. The van der Waals surface area contributed by atoms with Crippen molar-refractivity contribution < 1.29 is 18.0 Å². The smallest absolute Gasteiger partial charge is 0.307 e. The van der Waals surface area contributed by atoms with Crippen molar-refractivity contribution in [1.82, 2.24) is 4.90 Å². The largest absolute Gasteiger partial charge is 0.328 e. The maximum atomic E-state index is 12.5. The molecule has 172 valence electrons. The number of carbonyl (C=O) groups excluding carboxylic acids is 2. The average molecular weight is 486 g/mol. The van der Waals surface area contributed by atoms with Crippen LogP contribution in [-0.2, 0) is 27.8 Å². The fraction of sp³-hybridized carbons (Fsp3) is 0.167. The molecular weight excluding hydrogens is 462 g/mol. The van der Waals surface area contributed by atoms with Gasteiger partial charge in [0.25, 0.3) is 0 Å². The summed E-state index contributed by atoms with van der Waals surface area (Å²) in [6.07, 6.45) is 1.22. The molecule has 0 aliphatic rings. The first-order valence-corrected chi connectivity index (χ1v) is 12.3. The van der Waals surface area contributed by atoms with Gasteiger partial charge in [-0.2, -0.15) is 0 Å². The summed E-state index contributed by atoms with van der Waals surface area (Å²) in [5.41, 5.74) is 2.32. The number of anilines is 2. The van der Waals surface area contributed by atoms with Gasteiger partial charge in [-0.15, -0.1) is 0 Å². The third-order valence-corrected chi connectivity index (χ3v) is 6.46. The molecule has 0 radical (unpaired) electrons. The Kier molecular flexibility index (Phi) is 7.73. The number of rotatable bonds is 7. The molecule has 0 unspecified atom stereocenters. The minimum atomic E-state index is -3.59. The number of amides is 3. The van der Waals surface area contributed by atoms with Crippen molar-refractivity contribution in [2.75, 3.05) is 22.9 Å². The van der Waals surface area contributed by atoms with Crippen LogP contribution >= 0.6 is 11.6 Å². The first kappa shape index (κ1) is 24.3.